The second kappa shape index (κ2) is 3.65. The lowest BCUT2D eigenvalue weighted by Gasteiger charge is -2.41. The van der Waals surface area contributed by atoms with Gasteiger partial charge in [0.05, 0.1) is 6.61 Å². The summed E-state index contributed by atoms with van der Waals surface area (Å²) in [6.45, 7) is 7.74. The monoisotopic (exact) mass is 260 g/mol. The Hall–Kier alpha value is -0.240. The van der Waals surface area contributed by atoms with Crippen molar-refractivity contribution >= 4 is 0 Å². The van der Waals surface area contributed by atoms with E-state index in [1.807, 2.05) is 13.8 Å². The summed E-state index contributed by atoms with van der Waals surface area (Å²) in [4.78, 5) is 0. The van der Waals surface area contributed by atoms with E-state index in [-0.39, 0.29) is 12.7 Å². The Balaban J connectivity index is 1.82. The third kappa shape index (κ3) is 1.88. The number of aliphatic hydroxyl groups excluding tert-OH is 1. The second-order valence-corrected chi connectivity index (χ2v) is 6.00. The zero-order valence-corrected chi connectivity index (χ0v) is 11.1. The molecule has 0 aromatic heterocycles. The molecular weight excluding hydrogens is 240 g/mol. The lowest BCUT2D eigenvalue weighted by Crippen LogP contribution is -2.61. The summed E-state index contributed by atoms with van der Waals surface area (Å²) < 4.78 is 28.3. The van der Waals surface area contributed by atoms with Crippen LogP contribution in [-0.4, -0.2) is 54.0 Å². The standard InChI is InChI=1S/C12H20O6/c1-10(2)15-6-12(18-10)9(13)8-7(5-14-12)16-11(3,4)17-8/h7-9,13H,5-6H2,1-4H3/t7?,8?,9-,12-/m0/s1. The Morgan fingerprint density at radius 3 is 2.33 bits per heavy atom. The maximum absolute atomic E-state index is 10.5. The lowest BCUT2D eigenvalue weighted by atomic mass is 9.97. The molecule has 3 saturated heterocycles. The first-order valence-electron chi connectivity index (χ1n) is 6.25. The van der Waals surface area contributed by atoms with Crippen molar-refractivity contribution in [2.75, 3.05) is 13.2 Å². The summed E-state index contributed by atoms with van der Waals surface area (Å²) in [5.74, 6) is -2.61. The largest absolute Gasteiger partial charge is 0.385 e. The highest BCUT2D eigenvalue weighted by Crippen LogP contribution is 2.43. The van der Waals surface area contributed by atoms with E-state index in [0.29, 0.717) is 6.61 Å². The van der Waals surface area contributed by atoms with Gasteiger partial charge in [-0.1, -0.05) is 0 Å². The lowest BCUT2D eigenvalue weighted by molar-refractivity contribution is -0.326. The zero-order valence-electron chi connectivity index (χ0n) is 11.1. The fourth-order valence-corrected chi connectivity index (χ4v) is 2.78. The molecule has 104 valence electrons. The van der Waals surface area contributed by atoms with Gasteiger partial charge in [-0.3, -0.25) is 0 Å². The van der Waals surface area contributed by atoms with Gasteiger partial charge in [0.25, 0.3) is 0 Å². The molecule has 3 aliphatic heterocycles. The summed E-state index contributed by atoms with van der Waals surface area (Å²) in [5.41, 5.74) is 0. The molecular formula is C12H20O6. The highest BCUT2D eigenvalue weighted by Gasteiger charge is 2.62. The molecule has 3 aliphatic rings. The number of ether oxygens (including phenoxy) is 5. The highest BCUT2D eigenvalue weighted by molar-refractivity contribution is 5.00. The van der Waals surface area contributed by atoms with Gasteiger partial charge in [-0.05, 0) is 27.7 Å². The average molecular weight is 260 g/mol. The first-order valence-corrected chi connectivity index (χ1v) is 6.25. The number of fused-ring (bicyclic) bond motifs is 1. The van der Waals surface area contributed by atoms with Crippen molar-refractivity contribution in [1.82, 2.24) is 0 Å². The van der Waals surface area contributed by atoms with Crippen LogP contribution in [0.4, 0.5) is 0 Å². The van der Waals surface area contributed by atoms with Crippen LogP contribution >= 0.6 is 0 Å². The Morgan fingerprint density at radius 2 is 1.72 bits per heavy atom. The quantitative estimate of drug-likeness (QED) is 0.679. The van der Waals surface area contributed by atoms with Crippen LogP contribution in [0.25, 0.3) is 0 Å². The molecule has 0 aromatic carbocycles. The minimum atomic E-state index is -1.14. The van der Waals surface area contributed by atoms with Gasteiger partial charge in [0.1, 0.15) is 24.9 Å². The van der Waals surface area contributed by atoms with Crippen LogP contribution in [0.2, 0.25) is 0 Å². The van der Waals surface area contributed by atoms with Gasteiger partial charge in [-0.15, -0.1) is 0 Å². The third-order valence-electron chi connectivity index (χ3n) is 3.51. The molecule has 0 aromatic rings. The van der Waals surface area contributed by atoms with Crippen LogP contribution in [-0.2, 0) is 23.7 Å². The molecule has 1 spiro atoms. The molecule has 0 amide bonds. The van der Waals surface area contributed by atoms with Gasteiger partial charge in [0, 0.05) is 0 Å². The van der Waals surface area contributed by atoms with Crippen LogP contribution in [0.1, 0.15) is 27.7 Å². The van der Waals surface area contributed by atoms with Gasteiger partial charge in [0.2, 0.25) is 5.79 Å². The number of hydrogen-bond acceptors (Lipinski definition) is 6. The predicted molar refractivity (Wildman–Crippen MR) is 59.6 cm³/mol. The molecule has 0 radical (unpaired) electrons. The van der Waals surface area contributed by atoms with E-state index < -0.39 is 29.6 Å². The Morgan fingerprint density at radius 1 is 1.00 bits per heavy atom. The topological polar surface area (TPSA) is 66.4 Å². The Labute approximate surface area is 106 Å². The molecule has 0 bridgehead atoms. The normalized spacial score (nSPS) is 49.5. The van der Waals surface area contributed by atoms with Crippen LogP contribution in [0.5, 0.6) is 0 Å². The molecule has 6 nitrogen and oxygen atoms in total. The van der Waals surface area contributed by atoms with Gasteiger partial charge >= 0.3 is 0 Å². The minimum absolute atomic E-state index is 0.189. The van der Waals surface area contributed by atoms with Gasteiger partial charge in [0.15, 0.2) is 11.6 Å². The van der Waals surface area contributed by atoms with Crippen LogP contribution in [0, 0.1) is 0 Å². The molecule has 18 heavy (non-hydrogen) atoms. The smallest absolute Gasteiger partial charge is 0.224 e. The van der Waals surface area contributed by atoms with E-state index in [1.165, 1.54) is 0 Å². The van der Waals surface area contributed by atoms with Crippen molar-refractivity contribution < 1.29 is 28.8 Å². The molecule has 0 aliphatic carbocycles. The van der Waals surface area contributed by atoms with Crippen molar-refractivity contribution in [3.05, 3.63) is 0 Å². The Bertz CT molecular complexity index is 352. The van der Waals surface area contributed by atoms with Crippen molar-refractivity contribution in [1.29, 1.82) is 0 Å². The molecule has 6 heteroatoms. The van der Waals surface area contributed by atoms with Crippen molar-refractivity contribution in [3.8, 4) is 0 Å². The summed E-state index contributed by atoms with van der Waals surface area (Å²) in [5, 5.41) is 10.5. The van der Waals surface area contributed by atoms with E-state index in [1.54, 1.807) is 13.8 Å². The first kappa shape index (κ1) is 12.8. The molecule has 3 heterocycles. The van der Waals surface area contributed by atoms with Crippen molar-refractivity contribution in [2.24, 2.45) is 0 Å². The molecule has 0 saturated carbocycles. The molecule has 4 atom stereocenters. The summed E-state index contributed by atoms with van der Waals surface area (Å²) in [6.07, 6.45) is -1.65. The van der Waals surface area contributed by atoms with Gasteiger partial charge in [-0.25, -0.2) is 0 Å². The number of aliphatic hydroxyl groups is 1. The maximum atomic E-state index is 10.5. The van der Waals surface area contributed by atoms with Gasteiger partial charge in [-0.2, -0.15) is 0 Å². The SMILES string of the molecule is CC1(C)OC2CO[C@]3(COC(C)(C)O3)[C@@H](O)C2O1. The van der Waals surface area contributed by atoms with Crippen LogP contribution in [0.15, 0.2) is 0 Å². The van der Waals surface area contributed by atoms with Crippen molar-refractivity contribution in [2.45, 2.75) is 63.4 Å². The van der Waals surface area contributed by atoms with E-state index >= 15 is 0 Å². The molecule has 2 unspecified atom stereocenters. The van der Waals surface area contributed by atoms with Crippen LogP contribution < -0.4 is 0 Å². The maximum Gasteiger partial charge on any atom is 0.224 e. The average Bonchev–Trinajstić information content (AvgIpc) is 2.71. The van der Waals surface area contributed by atoms with E-state index in [9.17, 15) is 5.11 Å². The van der Waals surface area contributed by atoms with E-state index in [2.05, 4.69) is 0 Å². The zero-order chi connectivity index (χ0) is 13.2. The predicted octanol–water partition coefficient (Wildman–Crippen LogP) is 0.377. The molecule has 3 fully saturated rings. The van der Waals surface area contributed by atoms with E-state index in [0.717, 1.165) is 0 Å². The molecule has 1 N–H and O–H groups in total. The number of hydrogen-bond donors (Lipinski definition) is 1. The first-order chi connectivity index (χ1) is 8.23. The highest BCUT2D eigenvalue weighted by atomic mass is 16.9. The van der Waals surface area contributed by atoms with Crippen LogP contribution in [0.3, 0.4) is 0 Å². The fraction of sp³-hybridized carbons (Fsp3) is 1.00. The van der Waals surface area contributed by atoms with Crippen molar-refractivity contribution in [3.63, 3.8) is 0 Å². The summed E-state index contributed by atoms with van der Waals surface area (Å²) in [6, 6.07) is 0. The minimum Gasteiger partial charge on any atom is -0.385 e. The Kier molecular flexibility index (Phi) is 2.59. The fourth-order valence-electron chi connectivity index (χ4n) is 2.78. The van der Waals surface area contributed by atoms with E-state index in [4.69, 9.17) is 23.7 Å². The summed E-state index contributed by atoms with van der Waals surface area (Å²) in [7, 11) is 0. The third-order valence-corrected chi connectivity index (χ3v) is 3.51. The summed E-state index contributed by atoms with van der Waals surface area (Å²) >= 11 is 0. The van der Waals surface area contributed by atoms with Gasteiger partial charge < -0.3 is 28.8 Å². The second-order valence-electron chi connectivity index (χ2n) is 6.00. The number of rotatable bonds is 0. The molecule has 3 rings (SSSR count).